The van der Waals surface area contributed by atoms with Gasteiger partial charge >= 0.3 is 0 Å². The summed E-state index contributed by atoms with van der Waals surface area (Å²) in [6.45, 7) is 3.63. The minimum absolute atomic E-state index is 0.508. The predicted octanol–water partition coefficient (Wildman–Crippen LogP) is 1.79. The van der Waals surface area contributed by atoms with Gasteiger partial charge in [-0.15, -0.1) is 0 Å². The topological polar surface area (TPSA) is 36.1 Å². The maximum Gasteiger partial charge on any atom is 0.205 e. The maximum atomic E-state index is 8.22. The van der Waals surface area contributed by atoms with Crippen molar-refractivity contribution in [3.63, 3.8) is 0 Å². The quantitative estimate of drug-likeness (QED) is 0.436. The van der Waals surface area contributed by atoms with Crippen LogP contribution in [0.1, 0.15) is 5.56 Å². The lowest BCUT2D eigenvalue weighted by molar-refractivity contribution is 1.43. The zero-order chi connectivity index (χ0) is 8.10. The average molecular weight is 143 g/mol. The monoisotopic (exact) mass is 143 g/mol. The first-order valence-electron chi connectivity index (χ1n) is 3.19. The van der Waals surface area contributed by atoms with Gasteiger partial charge in [0, 0.05) is 0 Å². The largest absolute Gasteiger partial charge is 0.205 e. The summed E-state index contributed by atoms with van der Waals surface area (Å²) in [7, 11) is 0. The molecule has 2 heteroatoms. The van der Waals surface area contributed by atoms with Crippen molar-refractivity contribution in [1.29, 1.82) is 5.26 Å². The van der Waals surface area contributed by atoms with E-state index in [1.165, 1.54) is 0 Å². The molecule has 0 amide bonds. The molecule has 53 valence electrons. The lowest BCUT2D eigenvalue weighted by Crippen LogP contribution is -1.92. The molecule has 1 aromatic carbocycles. The highest BCUT2D eigenvalue weighted by molar-refractivity contribution is 6.04. The van der Waals surface area contributed by atoms with Crippen LogP contribution in [0.5, 0.6) is 0 Å². The van der Waals surface area contributed by atoms with Crippen LogP contribution in [0.15, 0.2) is 35.3 Å². The summed E-state index contributed by atoms with van der Waals surface area (Å²) in [4.78, 5) is 3.51. The molecule has 0 atom stereocenters. The van der Waals surface area contributed by atoms with Gasteiger partial charge in [-0.2, -0.15) is 10.3 Å². The highest BCUT2D eigenvalue weighted by Gasteiger charge is 1.92. The van der Waals surface area contributed by atoms with E-state index in [1.807, 2.05) is 30.3 Å². The fourth-order valence-electron chi connectivity index (χ4n) is 0.755. The fraction of sp³-hybridized carbons (Fsp3) is 0. The summed E-state index contributed by atoms with van der Waals surface area (Å²) in [6, 6.07) is 9.40. The zero-order valence-corrected chi connectivity index (χ0v) is 5.99. The first-order chi connectivity index (χ1) is 5.34. The lowest BCUT2D eigenvalue weighted by atomic mass is 10.1. The number of nitriles is 1. The van der Waals surface area contributed by atoms with Crippen LogP contribution in [0.2, 0.25) is 0 Å². The molecule has 1 aromatic rings. The van der Waals surface area contributed by atoms with Crippen molar-refractivity contribution in [3.05, 3.63) is 42.8 Å². The van der Waals surface area contributed by atoms with Crippen LogP contribution >= 0.6 is 0 Å². The molecule has 0 aromatic heterocycles. The minimum atomic E-state index is 0.508. The third kappa shape index (κ3) is 1.91. The summed E-state index contributed by atoms with van der Waals surface area (Å²) in [5.41, 5.74) is 1.39. The highest BCUT2D eigenvalue weighted by Crippen LogP contribution is 1.99. The second-order valence-electron chi connectivity index (χ2n) is 2.02. The fourth-order valence-corrected chi connectivity index (χ4v) is 0.755. The van der Waals surface area contributed by atoms with Gasteiger partial charge in [-0.3, -0.25) is 0 Å². The van der Waals surface area contributed by atoms with Crippen molar-refractivity contribution in [2.24, 2.45) is 4.99 Å². The van der Waals surface area contributed by atoms with Crippen LogP contribution in [0.3, 0.4) is 0 Å². The third-order valence-corrected chi connectivity index (χ3v) is 1.29. The van der Waals surface area contributed by atoms with E-state index in [0.717, 1.165) is 5.56 Å². The molecule has 0 bridgehead atoms. The molecule has 0 fully saturated rings. The minimum Gasteiger partial charge on any atom is -0.178 e. The summed E-state index contributed by atoms with van der Waals surface area (Å²) in [6.07, 6.45) is 1.69. The van der Waals surface area contributed by atoms with Crippen molar-refractivity contribution >= 4 is 5.71 Å². The van der Waals surface area contributed by atoms with Gasteiger partial charge in [0.2, 0.25) is 6.19 Å². The number of hydrogen-bond acceptors (Lipinski definition) is 2. The smallest absolute Gasteiger partial charge is 0.178 e. The first-order valence-corrected chi connectivity index (χ1v) is 3.19. The molecule has 11 heavy (non-hydrogen) atoms. The van der Waals surface area contributed by atoms with E-state index in [4.69, 9.17) is 5.26 Å². The van der Waals surface area contributed by atoms with E-state index < -0.39 is 0 Å². The van der Waals surface area contributed by atoms with Crippen molar-refractivity contribution in [3.8, 4) is 6.19 Å². The van der Waals surface area contributed by atoms with Crippen molar-refractivity contribution < 1.29 is 0 Å². The Morgan fingerprint density at radius 2 is 2.00 bits per heavy atom. The van der Waals surface area contributed by atoms with E-state index in [1.54, 1.807) is 6.19 Å². The lowest BCUT2D eigenvalue weighted by Gasteiger charge is -1.94. The molecule has 1 radical (unpaired) electrons. The molecule has 0 aliphatic rings. The number of rotatable bonds is 1. The molecule has 1 rings (SSSR count). The van der Waals surface area contributed by atoms with E-state index >= 15 is 0 Å². The van der Waals surface area contributed by atoms with Gasteiger partial charge in [0.15, 0.2) is 0 Å². The van der Waals surface area contributed by atoms with Crippen LogP contribution in [0, 0.1) is 18.4 Å². The molecule has 0 aliphatic carbocycles. The van der Waals surface area contributed by atoms with Crippen LogP contribution in [-0.4, -0.2) is 5.71 Å². The molecule has 0 saturated carbocycles. The molecule has 2 nitrogen and oxygen atoms in total. The van der Waals surface area contributed by atoms with Gasteiger partial charge in [0.1, 0.15) is 0 Å². The van der Waals surface area contributed by atoms with E-state index in [9.17, 15) is 0 Å². The Balaban J connectivity index is 2.96. The number of benzene rings is 1. The van der Waals surface area contributed by atoms with E-state index in [-0.39, 0.29) is 0 Å². The Hall–Kier alpha value is -1.62. The van der Waals surface area contributed by atoms with Gasteiger partial charge in [0.25, 0.3) is 0 Å². The molecule has 0 unspecified atom stereocenters. The molecule has 0 N–H and O–H groups in total. The van der Waals surface area contributed by atoms with Crippen molar-refractivity contribution in [2.45, 2.75) is 0 Å². The molecule has 0 saturated heterocycles. The second kappa shape index (κ2) is 3.52. The maximum absolute atomic E-state index is 8.22. The van der Waals surface area contributed by atoms with Gasteiger partial charge in [-0.1, -0.05) is 30.3 Å². The Morgan fingerprint density at radius 3 is 2.55 bits per heavy atom. The van der Waals surface area contributed by atoms with Crippen molar-refractivity contribution in [2.75, 3.05) is 0 Å². The molecular weight excluding hydrogens is 136 g/mol. The highest BCUT2D eigenvalue weighted by atomic mass is 14.7. The van der Waals surface area contributed by atoms with Crippen LogP contribution < -0.4 is 0 Å². The summed E-state index contributed by atoms with van der Waals surface area (Å²) < 4.78 is 0. The molecule has 0 aliphatic heterocycles. The SMILES string of the molecule is [CH2]C(=NC#N)c1ccccc1. The van der Waals surface area contributed by atoms with Gasteiger partial charge < -0.3 is 0 Å². The standard InChI is InChI=1S/C9H7N2/c1-8(11-7-10)9-5-3-2-4-6-9/h2-6H,1H2. The van der Waals surface area contributed by atoms with Gasteiger partial charge in [-0.25, -0.2) is 0 Å². The summed E-state index contributed by atoms with van der Waals surface area (Å²) >= 11 is 0. The van der Waals surface area contributed by atoms with Crippen molar-refractivity contribution in [1.82, 2.24) is 0 Å². The number of aliphatic imine (C=N–C) groups is 1. The predicted molar refractivity (Wildman–Crippen MR) is 43.9 cm³/mol. The van der Waals surface area contributed by atoms with Crippen LogP contribution in [-0.2, 0) is 0 Å². The van der Waals surface area contributed by atoms with Gasteiger partial charge in [-0.05, 0) is 12.5 Å². The number of hydrogen-bond donors (Lipinski definition) is 0. The molecule has 0 heterocycles. The molecular formula is C9H7N2. The van der Waals surface area contributed by atoms with Crippen LogP contribution in [0.4, 0.5) is 0 Å². The van der Waals surface area contributed by atoms with Gasteiger partial charge in [0.05, 0.1) is 5.71 Å². The zero-order valence-electron chi connectivity index (χ0n) is 5.99. The summed E-state index contributed by atoms with van der Waals surface area (Å²) in [5, 5.41) is 8.22. The number of nitrogens with zero attached hydrogens (tertiary/aromatic N) is 2. The first kappa shape index (κ1) is 7.49. The Labute approximate surface area is 65.8 Å². The van der Waals surface area contributed by atoms with E-state index in [0.29, 0.717) is 5.71 Å². The third-order valence-electron chi connectivity index (χ3n) is 1.29. The average Bonchev–Trinajstić information content (AvgIpc) is 2.07. The Kier molecular flexibility index (Phi) is 2.40. The Bertz CT molecular complexity index is 293. The second-order valence-corrected chi connectivity index (χ2v) is 2.02. The molecule has 0 spiro atoms. The normalized spacial score (nSPS) is 10.7. The van der Waals surface area contributed by atoms with E-state index in [2.05, 4.69) is 11.9 Å². The summed E-state index contributed by atoms with van der Waals surface area (Å²) in [5.74, 6) is 0. The van der Waals surface area contributed by atoms with Crippen LogP contribution in [0.25, 0.3) is 0 Å². The Morgan fingerprint density at radius 1 is 1.36 bits per heavy atom.